The summed E-state index contributed by atoms with van der Waals surface area (Å²) < 4.78 is 22.6. The van der Waals surface area contributed by atoms with Crippen LogP contribution in [0.3, 0.4) is 0 Å². The number of hydrogen-bond acceptors (Lipinski definition) is 3. The summed E-state index contributed by atoms with van der Waals surface area (Å²) in [7, 11) is -4.16. The number of benzene rings is 2. The van der Waals surface area contributed by atoms with Crippen LogP contribution >= 0.6 is 7.82 Å². The number of fused-ring (bicyclic) bond motifs is 3. The first kappa shape index (κ1) is 14.2. The van der Waals surface area contributed by atoms with Crippen LogP contribution < -0.4 is 9.05 Å². The fourth-order valence-electron chi connectivity index (χ4n) is 2.62. The molecule has 0 saturated heterocycles. The van der Waals surface area contributed by atoms with Crippen LogP contribution in [0.1, 0.15) is 22.3 Å². The average molecular weight is 304 g/mol. The summed E-state index contributed by atoms with van der Waals surface area (Å²) in [5, 5.41) is 0. The molecule has 0 radical (unpaired) electrons. The van der Waals surface area contributed by atoms with Crippen molar-refractivity contribution in [3.05, 3.63) is 46.5 Å². The molecule has 1 N–H and O–H groups in total. The van der Waals surface area contributed by atoms with Crippen molar-refractivity contribution < 1.29 is 18.5 Å². The Morgan fingerprint density at radius 3 is 1.57 bits per heavy atom. The van der Waals surface area contributed by atoms with Crippen LogP contribution in [0, 0.1) is 27.7 Å². The molecule has 3 rings (SSSR count). The first-order valence-corrected chi connectivity index (χ1v) is 8.22. The van der Waals surface area contributed by atoms with Crippen LogP contribution in [-0.2, 0) is 4.57 Å². The topological polar surface area (TPSA) is 55.8 Å². The molecule has 1 aliphatic heterocycles. The van der Waals surface area contributed by atoms with Gasteiger partial charge >= 0.3 is 7.82 Å². The lowest BCUT2D eigenvalue weighted by Gasteiger charge is -2.15. The van der Waals surface area contributed by atoms with Gasteiger partial charge in [0.25, 0.3) is 0 Å². The average Bonchev–Trinajstić information content (AvgIpc) is 2.52. The first-order valence-electron chi connectivity index (χ1n) is 6.73. The van der Waals surface area contributed by atoms with Gasteiger partial charge in [-0.3, -0.25) is 4.89 Å². The van der Waals surface area contributed by atoms with E-state index in [1.807, 2.05) is 39.8 Å². The van der Waals surface area contributed by atoms with Crippen molar-refractivity contribution in [1.29, 1.82) is 0 Å². The summed E-state index contributed by atoms with van der Waals surface area (Å²) in [4.78, 5) is 9.88. The zero-order valence-corrected chi connectivity index (χ0v) is 13.3. The number of rotatable bonds is 0. The molecule has 5 heteroatoms. The standard InChI is InChI=1S/C16H17O4P/c1-9-5-7-13-15(11(9)3)16-12(4)10(2)6-8-14(16)20-21(17,18)19-13/h5-8H,1-4H3,(H,17,18). The summed E-state index contributed by atoms with van der Waals surface area (Å²) >= 11 is 0. The molecule has 2 aromatic rings. The number of aryl methyl sites for hydroxylation is 2. The lowest BCUT2D eigenvalue weighted by Crippen LogP contribution is -1.97. The van der Waals surface area contributed by atoms with Crippen LogP contribution in [0.15, 0.2) is 24.3 Å². The van der Waals surface area contributed by atoms with E-state index in [0.29, 0.717) is 11.5 Å². The first-order chi connectivity index (χ1) is 9.80. The predicted octanol–water partition coefficient (Wildman–Crippen LogP) is 4.46. The fourth-order valence-corrected chi connectivity index (χ4v) is 3.46. The molecule has 21 heavy (non-hydrogen) atoms. The third-order valence-electron chi connectivity index (χ3n) is 4.07. The Morgan fingerprint density at radius 1 is 0.810 bits per heavy atom. The molecule has 110 valence electrons. The second-order valence-corrected chi connectivity index (χ2v) is 6.71. The fraction of sp³-hybridized carbons (Fsp3) is 0.250. The summed E-state index contributed by atoms with van der Waals surface area (Å²) in [6, 6.07) is 7.20. The Labute approximate surface area is 124 Å². The van der Waals surface area contributed by atoms with Crippen molar-refractivity contribution >= 4 is 7.82 Å². The van der Waals surface area contributed by atoms with E-state index >= 15 is 0 Å². The second kappa shape index (κ2) is 4.62. The highest BCUT2D eigenvalue weighted by molar-refractivity contribution is 7.48. The maximum Gasteiger partial charge on any atom is 0.584 e. The maximum absolute atomic E-state index is 12.1. The van der Waals surface area contributed by atoms with Crippen LogP contribution in [0.4, 0.5) is 0 Å². The Bertz CT molecular complexity index is 732. The quantitative estimate of drug-likeness (QED) is 0.730. The van der Waals surface area contributed by atoms with Crippen molar-refractivity contribution in [3.8, 4) is 22.6 Å². The van der Waals surface area contributed by atoms with E-state index in [2.05, 4.69) is 0 Å². The zero-order chi connectivity index (χ0) is 15.4. The van der Waals surface area contributed by atoms with Crippen molar-refractivity contribution in [2.24, 2.45) is 0 Å². The van der Waals surface area contributed by atoms with E-state index in [1.165, 1.54) is 0 Å². The van der Waals surface area contributed by atoms with Crippen LogP contribution in [-0.4, -0.2) is 4.89 Å². The second-order valence-electron chi connectivity index (χ2n) is 5.41. The molecule has 0 spiro atoms. The van der Waals surface area contributed by atoms with Gasteiger partial charge in [0.15, 0.2) is 0 Å². The van der Waals surface area contributed by atoms with E-state index < -0.39 is 7.82 Å². The highest BCUT2D eigenvalue weighted by atomic mass is 31.2. The van der Waals surface area contributed by atoms with Gasteiger partial charge in [-0.15, -0.1) is 0 Å². The molecule has 2 aromatic carbocycles. The third kappa shape index (κ3) is 2.25. The molecule has 0 fully saturated rings. The molecule has 1 heterocycles. The monoisotopic (exact) mass is 304 g/mol. The van der Waals surface area contributed by atoms with Gasteiger partial charge in [0.1, 0.15) is 11.5 Å². The van der Waals surface area contributed by atoms with E-state index in [9.17, 15) is 9.46 Å². The molecule has 0 atom stereocenters. The largest absolute Gasteiger partial charge is 0.584 e. The van der Waals surface area contributed by atoms with Crippen LogP contribution in [0.2, 0.25) is 0 Å². The number of hydrogen-bond donors (Lipinski definition) is 1. The summed E-state index contributed by atoms with van der Waals surface area (Å²) in [5.41, 5.74) is 5.90. The van der Waals surface area contributed by atoms with Gasteiger partial charge in [-0.25, -0.2) is 4.57 Å². The van der Waals surface area contributed by atoms with Gasteiger partial charge in [-0.05, 0) is 62.1 Å². The summed E-state index contributed by atoms with van der Waals surface area (Å²) in [6.45, 7) is 7.98. The Balaban J connectivity index is 2.46. The van der Waals surface area contributed by atoms with Crippen molar-refractivity contribution in [2.45, 2.75) is 27.7 Å². The van der Waals surface area contributed by atoms with Gasteiger partial charge in [0.05, 0.1) is 0 Å². The van der Waals surface area contributed by atoms with E-state index in [4.69, 9.17) is 9.05 Å². The van der Waals surface area contributed by atoms with Crippen molar-refractivity contribution in [1.82, 2.24) is 0 Å². The highest BCUT2D eigenvalue weighted by Gasteiger charge is 2.33. The molecule has 0 saturated carbocycles. The lowest BCUT2D eigenvalue weighted by atomic mass is 9.90. The Kier molecular flexibility index (Phi) is 3.12. The van der Waals surface area contributed by atoms with Gasteiger partial charge in [0, 0.05) is 11.1 Å². The lowest BCUT2D eigenvalue weighted by molar-refractivity contribution is 0.294. The zero-order valence-electron chi connectivity index (χ0n) is 12.4. The predicted molar refractivity (Wildman–Crippen MR) is 81.9 cm³/mol. The normalized spacial score (nSPS) is 15.3. The van der Waals surface area contributed by atoms with Crippen LogP contribution in [0.5, 0.6) is 11.5 Å². The van der Waals surface area contributed by atoms with Gasteiger partial charge < -0.3 is 9.05 Å². The molecule has 0 unspecified atom stereocenters. The Morgan fingerprint density at radius 2 is 1.19 bits per heavy atom. The molecule has 0 amide bonds. The van der Waals surface area contributed by atoms with Gasteiger partial charge in [-0.1, -0.05) is 12.1 Å². The van der Waals surface area contributed by atoms with E-state index in [0.717, 1.165) is 33.4 Å². The van der Waals surface area contributed by atoms with Crippen molar-refractivity contribution in [2.75, 3.05) is 0 Å². The minimum absolute atomic E-state index is 0.386. The minimum Gasteiger partial charge on any atom is -0.395 e. The van der Waals surface area contributed by atoms with Gasteiger partial charge in [-0.2, -0.15) is 0 Å². The summed E-state index contributed by atoms with van der Waals surface area (Å²) in [5.74, 6) is 0.771. The van der Waals surface area contributed by atoms with Crippen molar-refractivity contribution in [3.63, 3.8) is 0 Å². The molecule has 1 aliphatic rings. The molecule has 0 aliphatic carbocycles. The number of phosphoric acid groups is 1. The molecular formula is C16H17O4P. The minimum atomic E-state index is -4.16. The highest BCUT2D eigenvalue weighted by Crippen LogP contribution is 2.55. The van der Waals surface area contributed by atoms with Gasteiger partial charge in [0.2, 0.25) is 0 Å². The number of phosphoric ester groups is 1. The third-order valence-corrected chi connectivity index (χ3v) is 4.93. The molecule has 0 aromatic heterocycles. The molecule has 0 bridgehead atoms. The Hall–Kier alpha value is -1.77. The van der Waals surface area contributed by atoms with E-state index in [-0.39, 0.29) is 0 Å². The van der Waals surface area contributed by atoms with E-state index in [1.54, 1.807) is 12.1 Å². The maximum atomic E-state index is 12.1. The SMILES string of the molecule is Cc1ccc2c(c1C)-c1c(ccc(C)c1C)OP(=O)(O)O2. The van der Waals surface area contributed by atoms with Crippen LogP contribution in [0.25, 0.3) is 11.1 Å². The molecule has 4 nitrogen and oxygen atoms in total. The summed E-state index contributed by atoms with van der Waals surface area (Å²) in [6.07, 6.45) is 0. The smallest absolute Gasteiger partial charge is 0.395 e. The molecular weight excluding hydrogens is 287 g/mol.